The Morgan fingerprint density at radius 1 is 0.864 bits per heavy atom. The Balaban J connectivity index is 0.000000131. The van der Waals surface area contributed by atoms with E-state index in [0.717, 1.165) is 48.4 Å². The third kappa shape index (κ3) is 3.13. The van der Waals surface area contributed by atoms with E-state index in [1.807, 2.05) is 30.3 Å². The number of alkyl halides is 1. The minimum atomic E-state index is 0.118. The van der Waals surface area contributed by atoms with Crippen LogP contribution in [0.5, 0.6) is 11.5 Å². The summed E-state index contributed by atoms with van der Waals surface area (Å²) in [6, 6.07) is 12.0. The number of ether oxygens (including phenoxy) is 2. The lowest BCUT2D eigenvalue weighted by molar-refractivity contribution is 0.281. The molecule has 0 saturated carbocycles. The number of hydrogen-bond acceptors (Lipinski definition) is 3. The highest BCUT2D eigenvalue weighted by molar-refractivity contribution is 9.08. The van der Waals surface area contributed by atoms with Gasteiger partial charge in [0.1, 0.15) is 11.5 Å². The first-order valence-corrected chi connectivity index (χ1v) is 8.59. The van der Waals surface area contributed by atoms with Crippen LogP contribution >= 0.6 is 15.9 Å². The van der Waals surface area contributed by atoms with Gasteiger partial charge in [0.15, 0.2) is 0 Å². The number of aliphatic hydroxyl groups is 1. The van der Waals surface area contributed by atoms with Crippen molar-refractivity contribution in [3.05, 3.63) is 58.7 Å². The van der Waals surface area contributed by atoms with E-state index in [0.29, 0.717) is 0 Å². The van der Waals surface area contributed by atoms with Crippen molar-refractivity contribution in [1.29, 1.82) is 0 Å². The van der Waals surface area contributed by atoms with Gasteiger partial charge >= 0.3 is 0 Å². The van der Waals surface area contributed by atoms with Gasteiger partial charge in [0.2, 0.25) is 0 Å². The van der Waals surface area contributed by atoms with Gasteiger partial charge in [-0.15, -0.1) is 0 Å². The Morgan fingerprint density at radius 2 is 1.41 bits per heavy atom. The minimum Gasteiger partial charge on any atom is -0.493 e. The molecule has 0 aliphatic carbocycles. The third-order valence-electron chi connectivity index (χ3n) is 3.99. The second kappa shape index (κ2) is 7.16. The van der Waals surface area contributed by atoms with E-state index in [1.54, 1.807) is 0 Å². The molecule has 0 fully saturated rings. The van der Waals surface area contributed by atoms with Crippen LogP contribution in [0.2, 0.25) is 0 Å². The average Bonchev–Trinajstić information content (AvgIpc) is 3.23. The van der Waals surface area contributed by atoms with Gasteiger partial charge in [0, 0.05) is 29.3 Å². The second-order valence-electron chi connectivity index (χ2n) is 5.28. The summed E-state index contributed by atoms with van der Waals surface area (Å²) < 4.78 is 10.7. The van der Waals surface area contributed by atoms with Crippen LogP contribution in [0.25, 0.3) is 0 Å². The van der Waals surface area contributed by atoms with Crippen molar-refractivity contribution in [3.63, 3.8) is 0 Å². The van der Waals surface area contributed by atoms with Gasteiger partial charge in [-0.1, -0.05) is 40.2 Å². The van der Waals surface area contributed by atoms with Gasteiger partial charge in [-0.2, -0.15) is 0 Å². The number of rotatable bonds is 2. The third-order valence-corrected chi connectivity index (χ3v) is 4.60. The average molecular weight is 363 g/mol. The van der Waals surface area contributed by atoms with Crippen LogP contribution in [0.3, 0.4) is 0 Å². The van der Waals surface area contributed by atoms with Crippen LogP contribution in [0.15, 0.2) is 36.4 Å². The zero-order valence-corrected chi connectivity index (χ0v) is 13.9. The van der Waals surface area contributed by atoms with Crippen molar-refractivity contribution < 1.29 is 14.6 Å². The lowest BCUT2D eigenvalue weighted by Crippen LogP contribution is -1.89. The molecular weight excluding hydrogens is 344 g/mol. The normalized spacial score (nSPS) is 14.3. The van der Waals surface area contributed by atoms with Gasteiger partial charge in [0.25, 0.3) is 0 Å². The summed E-state index contributed by atoms with van der Waals surface area (Å²) in [6.45, 7) is 1.72. The quantitative estimate of drug-likeness (QED) is 0.829. The van der Waals surface area contributed by atoms with Crippen LogP contribution in [0.4, 0.5) is 0 Å². The molecule has 1 N–H and O–H groups in total. The predicted molar refractivity (Wildman–Crippen MR) is 89.8 cm³/mol. The molecule has 2 aliphatic rings. The Bertz CT molecular complexity index is 597. The Labute approximate surface area is 139 Å². The summed E-state index contributed by atoms with van der Waals surface area (Å²) in [6.07, 6.45) is 2.00. The maximum atomic E-state index is 8.95. The van der Waals surface area contributed by atoms with Crippen LogP contribution in [-0.2, 0) is 24.8 Å². The Morgan fingerprint density at radius 3 is 1.95 bits per heavy atom. The standard InChI is InChI=1S/C9H9BrO.C9H10O2/c2*10-6-7-2-1-3-9-8(7)4-5-11-9/h1-3H,4-6H2;1-3,10H,4-6H2. The number of benzene rings is 2. The molecule has 4 heteroatoms. The van der Waals surface area contributed by atoms with Crippen molar-refractivity contribution in [2.45, 2.75) is 24.8 Å². The topological polar surface area (TPSA) is 38.7 Å². The fourth-order valence-electron chi connectivity index (χ4n) is 2.86. The van der Waals surface area contributed by atoms with E-state index >= 15 is 0 Å². The number of hydrogen-bond donors (Lipinski definition) is 1. The van der Waals surface area contributed by atoms with E-state index in [2.05, 4.69) is 22.0 Å². The van der Waals surface area contributed by atoms with E-state index in [1.165, 1.54) is 16.7 Å². The molecule has 2 aromatic carbocycles. The fraction of sp³-hybridized carbons (Fsp3) is 0.333. The van der Waals surface area contributed by atoms with Crippen LogP contribution in [0, 0.1) is 0 Å². The summed E-state index contributed by atoms with van der Waals surface area (Å²) in [7, 11) is 0. The molecular formula is C18H19BrO3. The summed E-state index contributed by atoms with van der Waals surface area (Å²) >= 11 is 3.46. The Hall–Kier alpha value is -1.52. The second-order valence-corrected chi connectivity index (χ2v) is 5.84. The first-order valence-electron chi connectivity index (χ1n) is 7.47. The molecule has 0 amide bonds. The molecule has 2 aliphatic heterocycles. The van der Waals surface area contributed by atoms with Crippen molar-refractivity contribution >= 4 is 15.9 Å². The highest BCUT2D eigenvalue weighted by atomic mass is 79.9. The molecule has 22 heavy (non-hydrogen) atoms. The van der Waals surface area contributed by atoms with Gasteiger partial charge in [-0.05, 0) is 23.3 Å². The molecule has 0 bridgehead atoms. The molecule has 116 valence electrons. The van der Waals surface area contributed by atoms with Crippen LogP contribution < -0.4 is 9.47 Å². The lowest BCUT2D eigenvalue weighted by Gasteiger charge is -2.01. The van der Waals surface area contributed by atoms with Gasteiger partial charge < -0.3 is 14.6 Å². The first-order chi connectivity index (χ1) is 10.8. The summed E-state index contributed by atoms with van der Waals surface area (Å²) in [5.41, 5.74) is 4.92. The van der Waals surface area contributed by atoms with E-state index in [4.69, 9.17) is 14.6 Å². The molecule has 4 rings (SSSR count). The van der Waals surface area contributed by atoms with Crippen LogP contribution in [-0.4, -0.2) is 18.3 Å². The summed E-state index contributed by atoms with van der Waals surface area (Å²) in [4.78, 5) is 0. The molecule has 0 radical (unpaired) electrons. The smallest absolute Gasteiger partial charge is 0.122 e. The molecule has 0 aromatic heterocycles. The zero-order valence-electron chi connectivity index (χ0n) is 12.3. The molecule has 0 spiro atoms. The summed E-state index contributed by atoms with van der Waals surface area (Å²) in [5.74, 6) is 2.01. The number of halogens is 1. The largest absolute Gasteiger partial charge is 0.493 e. The predicted octanol–water partition coefficient (Wildman–Crippen LogP) is 3.63. The van der Waals surface area contributed by atoms with Gasteiger partial charge in [-0.3, -0.25) is 0 Å². The number of aliphatic hydroxyl groups excluding tert-OH is 1. The van der Waals surface area contributed by atoms with E-state index in [-0.39, 0.29) is 6.61 Å². The van der Waals surface area contributed by atoms with Gasteiger partial charge in [-0.25, -0.2) is 0 Å². The molecule has 2 heterocycles. The molecule has 0 atom stereocenters. The fourth-order valence-corrected chi connectivity index (χ4v) is 3.38. The summed E-state index contributed by atoms with van der Waals surface area (Å²) in [5, 5.41) is 9.88. The maximum Gasteiger partial charge on any atom is 0.122 e. The van der Waals surface area contributed by atoms with Crippen molar-refractivity contribution in [2.24, 2.45) is 0 Å². The molecule has 2 aromatic rings. The number of fused-ring (bicyclic) bond motifs is 2. The monoisotopic (exact) mass is 362 g/mol. The maximum absolute atomic E-state index is 8.95. The van der Waals surface area contributed by atoms with E-state index in [9.17, 15) is 0 Å². The first kappa shape index (κ1) is 15.4. The van der Waals surface area contributed by atoms with Crippen molar-refractivity contribution in [2.75, 3.05) is 13.2 Å². The highest BCUT2D eigenvalue weighted by Crippen LogP contribution is 2.29. The molecule has 3 nitrogen and oxygen atoms in total. The Kier molecular flexibility index (Phi) is 5.01. The van der Waals surface area contributed by atoms with Gasteiger partial charge in [0.05, 0.1) is 19.8 Å². The van der Waals surface area contributed by atoms with E-state index < -0.39 is 0 Å². The molecule has 0 saturated heterocycles. The SMILES string of the molecule is BrCc1cccc2c1CCO2.OCc1cccc2c1CCO2. The minimum absolute atomic E-state index is 0.118. The van der Waals surface area contributed by atoms with Crippen molar-refractivity contribution in [3.8, 4) is 11.5 Å². The molecule has 0 unspecified atom stereocenters. The van der Waals surface area contributed by atoms with Crippen LogP contribution in [0.1, 0.15) is 22.3 Å². The lowest BCUT2D eigenvalue weighted by atomic mass is 10.1. The van der Waals surface area contributed by atoms with Crippen molar-refractivity contribution in [1.82, 2.24) is 0 Å². The zero-order chi connectivity index (χ0) is 15.4. The highest BCUT2D eigenvalue weighted by Gasteiger charge is 2.14.